The second kappa shape index (κ2) is 4.12. The summed E-state index contributed by atoms with van der Waals surface area (Å²) in [5.41, 5.74) is 3.42. The number of aliphatic hydroxyl groups is 4. The van der Waals surface area contributed by atoms with Gasteiger partial charge in [0.15, 0.2) is 17.6 Å². The molecule has 6 N–H and O–H groups in total. The van der Waals surface area contributed by atoms with Crippen LogP contribution < -0.4 is 5.73 Å². The Hall–Kier alpha value is -0.570. The van der Waals surface area contributed by atoms with Gasteiger partial charge >= 0.3 is 0 Å². The maximum Gasteiger partial charge on any atom is 0.183 e. The smallest absolute Gasteiger partial charge is 0.183 e. The highest BCUT2D eigenvalue weighted by Gasteiger charge is 2.55. The summed E-state index contributed by atoms with van der Waals surface area (Å²) in [5, 5.41) is 37.3. The minimum Gasteiger partial charge on any atom is -0.394 e. The van der Waals surface area contributed by atoms with Gasteiger partial charge in [-0.3, -0.25) is 4.79 Å². The van der Waals surface area contributed by atoms with Crippen LogP contribution in [0.1, 0.15) is 6.92 Å². The molecule has 0 amide bonds. The molecule has 1 unspecified atom stereocenters. The maximum atomic E-state index is 11.2. The molecule has 0 aliphatic carbocycles. The van der Waals surface area contributed by atoms with E-state index in [0.717, 1.165) is 6.92 Å². The fraction of sp³-hybridized carbons (Fsp3) is 0.875. The lowest BCUT2D eigenvalue weighted by atomic mass is 9.81. The standard InChI is InChI=1S/C8H15NO6/c1-3(11)8(9)6(13)5(12)4(2-10)15-7(8)14/h4-7,10,12-14H,2,9H2,1H3/t4-,5-,6+,7?,8-/m1/s1. The van der Waals surface area contributed by atoms with E-state index in [1.165, 1.54) is 0 Å². The van der Waals surface area contributed by atoms with Crippen LogP contribution in [0, 0.1) is 0 Å². The van der Waals surface area contributed by atoms with Gasteiger partial charge in [0.1, 0.15) is 18.3 Å². The molecule has 1 saturated heterocycles. The molecule has 1 fully saturated rings. The predicted molar refractivity (Wildman–Crippen MR) is 47.6 cm³/mol. The van der Waals surface area contributed by atoms with E-state index < -0.39 is 42.5 Å². The van der Waals surface area contributed by atoms with Crippen LogP contribution in [0.3, 0.4) is 0 Å². The number of hydrogen-bond donors (Lipinski definition) is 5. The quantitative estimate of drug-likeness (QED) is 0.330. The Morgan fingerprint density at radius 1 is 1.47 bits per heavy atom. The number of carbonyl (C=O) groups excluding carboxylic acids is 1. The van der Waals surface area contributed by atoms with Gasteiger partial charge in [-0.15, -0.1) is 0 Å². The number of ether oxygens (including phenoxy) is 1. The number of nitrogens with two attached hydrogens (primary N) is 1. The third kappa shape index (κ3) is 1.78. The molecule has 1 aliphatic heterocycles. The monoisotopic (exact) mass is 221 g/mol. The zero-order chi connectivity index (χ0) is 11.8. The number of ketones is 1. The van der Waals surface area contributed by atoms with Crippen molar-refractivity contribution in [3.05, 3.63) is 0 Å². The van der Waals surface area contributed by atoms with Crippen molar-refractivity contribution >= 4 is 5.78 Å². The molecule has 7 nitrogen and oxygen atoms in total. The molecule has 1 heterocycles. The van der Waals surface area contributed by atoms with Gasteiger partial charge in [0.05, 0.1) is 6.61 Å². The number of hydrogen-bond acceptors (Lipinski definition) is 7. The lowest BCUT2D eigenvalue weighted by molar-refractivity contribution is -0.270. The van der Waals surface area contributed by atoms with Crippen molar-refractivity contribution in [2.24, 2.45) is 5.73 Å². The Morgan fingerprint density at radius 2 is 2.00 bits per heavy atom. The molecule has 0 radical (unpaired) electrons. The summed E-state index contributed by atoms with van der Waals surface area (Å²) in [6, 6.07) is 0. The van der Waals surface area contributed by atoms with Crippen molar-refractivity contribution in [1.29, 1.82) is 0 Å². The van der Waals surface area contributed by atoms with Crippen molar-refractivity contribution in [2.75, 3.05) is 6.61 Å². The Morgan fingerprint density at radius 3 is 2.40 bits per heavy atom. The van der Waals surface area contributed by atoms with Gasteiger partial charge < -0.3 is 30.9 Å². The highest BCUT2D eigenvalue weighted by Crippen LogP contribution is 2.27. The highest BCUT2D eigenvalue weighted by molar-refractivity contribution is 5.87. The average molecular weight is 221 g/mol. The van der Waals surface area contributed by atoms with Gasteiger partial charge in [0.2, 0.25) is 0 Å². The first-order valence-corrected chi connectivity index (χ1v) is 4.46. The molecule has 15 heavy (non-hydrogen) atoms. The van der Waals surface area contributed by atoms with Gasteiger partial charge in [-0.1, -0.05) is 0 Å². The Bertz CT molecular complexity index is 260. The molecular weight excluding hydrogens is 206 g/mol. The SMILES string of the molecule is CC(=O)[C@]1(N)C(O)O[C@H](CO)[C@@H](O)[C@@H]1O. The normalized spacial score (nSPS) is 46.5. The van der Waals surface area contributed by atoms with Crippen LogP contribution in [-0.4, -0.2) is 63.0 Å². The van der Waals surface area contributed by atoms with Crippen LogP contribution in [0.4, 0.5) is 0 Å². The minimum absolute atomic E-state index is 0.594. The highest BCUT2D eigenvalue weighted by atomic mass is 16.6. The van der Waals surface area contributed by atoms with Gasteiger partial charge in [-0.2, -0.15) is 0 Å². The third-order valence-electron chi connectivity index (χ3n) is 2.70. The first kappa shape index (κ1) is 12.5. The van der Waals surface area contributed by atoms with E-state index in [9.17, 15) is 20.1 Å². The van der Waals surface area contributed by atoms with Gasteiger partial charge in [0.25, 0.3) is 0 Å². The lowest BCUT2D eigenvalue weighted by Crippen LogP contribution is -2.73. The molecule has 1 rings (SSSR count). The van der Waals surface area contributed by atoms with Gasteiger partial charge in [-0.25, -0.2) is 0 Å². The number of Topliss-reactive ketones (excluding diaryl/α,β-unsaturated/α-hetero) is 1. The van der Waals surface area contributed by atoms with E-state index in [0.29, 0.717) is 0 Å². The summed E-state index contributed by atoms with van der Waals surface area (Å²) in [4.78, 5) is 11.2. The van der Waals surface area contributed by atoms with E-state index in [-0.39, 0.29) is 0 Å². The zero-order valence-electron chi connectivity index (χ0n) is 8.20. The van der Waals surface area contributed by atoms with E-state index in [2.05, 4.69) is 0 Å². The Kier molecular flexibility index (Phi) is 3.44. The van der Waals surface area contributed by atoms with Gasteiger partial charge in [-0.05, 0) is 6.92 Å². The fourth-order valence-corrected chi connectivity index (χ4v) is 1.52. The van der Waals surface area contributed by atoms with E-state index in [1.807, 2.05) is 0 Å². The topological polar surface area (TPSA) is 133 Å². The predicted octanol–water partition coefficient (Wildman–Crippen LogP) is -3.30. The van der Waals surface area contributed by atoms with Crippen molar-refractivity contribution < 1.29 is 30.0 Å². The maximum absolute atomic E-state index is 11.2. The summed E-state index contributed by atoms with van der Waals surface area (Å²) in [7, 11) is 0. The first-order chi connectivity index (χ1) is 6.85. The minimum atomic E-state index is -2.06. The first-order valence-electron chi connectivity index (χ1n) is 4.46. The molecule has 1 aliphatic rings. The largest absolute Gasteiger partial charge is 0.394 e. The molecular formula is C8H15NO6. The van der Waals surface area contributed by atoms with E-state index >= 15 is 0 Å². The average Bonchev–Trinajstić information content (AvgIpc) is 2.20. The van der Waals surface area contributed by atoms with Crippen LogP contribution in [0.2, 0.25) is 0 Å². The van der Waals surface area contributed by atoms with Crippen LogP contribution in [0.25, 0.3) is 0 Å². The summed E-state index contributed by atoms with van der Waals surface area (Å²) >= 11 is 0. The van der Waals surface area contributed by atoms with Crippen molar-refractivity contribution in [1.82, 2.24) is 0 Å². The molecule has 0 aromatic carbocycles. The van der Waals surface area contributed by atoms with Crippen molar-refractivity contribution in [2.45, 2.75) is 37.1 Å². The summed E-state index contributed by atoms with van der Waals surface area (Å²) in [6.45, 7) is 0.477. The van der Waals surface area contributed by atoms with Crippen molar-refractivity contribution in [3.63, 3.8) is 0 Å². The molecule has 0 spiro atoms. The molecule has 88 valence electrons. The van der Waals surface area contributed by atoms with Crippen LogP contribution >= 0.6 is 0 Å². The second-order valence-electron chi connectivity index (χ2n) is 3.63. The summed E-state index contributed by atoms with van der Waals surface area (Å²) in [5.74, 6) is -0.710. The number of carbonyl (C=O) groups is 1. The summed E-state index contributed by atoms with van der Waals surface area (Å²) < 4.78 is 4.74. The molecule has 0 bridgehead atoms. The molecule has 0 aromatic rings. The van der Waals surface area contributed by atoms with E-state index in [4.69, 9.17) is 15.6 Å². The Labute approximate surface area is 86.1 Å². The molecule has 0 saturated carbocycles. The Balaban J connectivity index is 2.98. The van der Waals surface area contributed by atoms with Crippen LogP contribution in [0.15, 0.2) is 0 Å². The van der Waals surface area contributed by atoms with Crippen molar-refractivity contribution in [3.8, 4) is 0 Å². The number of rotatable bonds is 2. The van der Waals surface area contributed by atoms with Crippen LogP contribution in [-0.2, 0) is 9.53 Å². The van der Waals surface area contributed by atoms with Gasteiger partial charge in [0, 0.05) is 0 Å². The molecule has 5 atom stereocenters. The van der Waals surface area contributed by atoms with E-state index in [1.54, 1.807) is 0 Å². The third-order valence-corrected chi connectivity index (χ3v) is 2.70. The van der Waals surface area contributed by atoms with Crippen LogP contribution in [0.5, 0.6) is 0 Å². The molecule has 0 aromatic heterocycles. The number of aliphatic hydroxyl groups excluding tert-OH is 4. The fourth-order valence-electron chi connectivity index (χ4n) is 1.52. The summed E-state index contributed by atoms with van der Waals surface area (Å²) in [6.07, 6.45) is -6.13. The molecule has 7 heteroatoms. The lowest BCUT2D eigenvalue weighted by Gasteiger charge is -2.45. The zero-order valence-corrected chi connectivity index (χ0v) is 8.20. The second-order valence-corrected chi connectivity index (χ2v) is 3.63.